The standard InChI is InChI=1S/C21H24NO5P/c1-4-25-28(24,26-5-2)27-20-17-13-9-10-14-19(17)22(3)21(23)18(20)15-16-11-7-6-8-12-16/h6-14H,4-5,15H2,1-3H3. The molecule has 0 atom stereocenters. The third-order valence-corrected chi connectivity index (χ3v) is 5.90. The number of phosphoric acid groups is 1. The van der Waals surface area contributed by atoms with Crippen LogP contribution in [0.2, 0.25) is 0 Å². The molecule has 0 aliphatic carbocycles. The number of para-hydroxylation sites is 1. The summed E-state index contributed by atoms with van der Waals surface area (Å²) in [6, 6.07) is 16.9. The molecule has 6 nitrogen and oxygen atoms in total. The fourth-order valence-corrected chi connectivity index (χ4v) is 4.35. The van der Waals surface area contributed by atoms with E-state index in [1.54, 1.807) is 25.5 Å². The van der Waals surface area contributed by atoms with Crippen LogP contribution in [-0.2, 0) is 27.1 Å². The summed E-state index contributed by atoms with van der Waals surface area (Å²) >= 11 is 0. The molecule has 0 N–H and O–H groups in total. The maximum absolute atomic E-state index is 13.1. The highest BCUT2D eigenvalue weighted by molar-refractivity contribution is 7.48. The summed E-state index contributed by atoms with van der Waals surface area (Å²) in [7, 11) is -2.14. The van der Waals surface area contributed by atoms with Crippen LogP contribution < -0.4 is 10.1 Å². The summed E-state index contributed by atoms with van der Waals surface area (Å²) < 4.78 is 31.1. The first kappa shape index (κ1) is 20.3. The number of aryl methyl sites for hydroxylation is 1. The third kappa shape index (κ3) is 4.20. The van der Waals surface area contributed by atoms with E-state index in [0.717, 1.165) is 5.56 Å². The summed E-state index contributed by atoms with van der Waals surface area (Å²) in [6.45, 7) is 3.74. The van der Waals surface area contributed by atoms with Gasteiger partial charge in [-0.3, -0.25) is 13.8 Å². The minimum absolute atomic E-state index is 0.161. The SMILES string of the molecule is CCOP(=O)(OCC)Oc1c(Cc2ccccc2)c(=O)n(C)c2ccccc12. The molecule has 148 valence electrons. The van der Waals surface area contributed by atoms with Gasteiger partial charge in [-0.1, -0.05) is 42.5 Å². The Morgan fingerprint density at radius 3 is 2.18 bits per heavy atom. The van der Waals surface area contributed by atoms with E-state index >= 15 is 0 Å². The molecule has 0 fully saturated rings. The number of rotatable bonds is 8. The van der Waals surface area contributed by atoms with Gasteiger partial charge in [0.15, 0.2) is 0 Å². The van der Waals surface area contributed by atoms with Crippen molar-refractivity contribution in [1.82, 2.24) is 4.57 Å². The van der Waals surface area contributed by atoms with E-state index in [1.807, 2.05) is 54.6 Å². The van der Waals surface area contributed by atoms with Crippen molar-refractivity contribution in [1.29, 1.82) is 0 Å². The summed E-state index contributed by atoms with van der Waals surface area (Å²) in [6.07, 6.45) is 0.339. The second kappa shape index (κ2) is 8.74. The quantitative estimate of drug-likeness (QED) is 0.513. The average Bonchev–Trinajstić information content (AvgIpc) is 2.70. The molecule has 1 heterocycles. The molecule has 3 rings (SSSR count). The summed E-state index contributed by atoms with van der Waals surface area (Å²) in [5.41, 5.74) is 1.82. The van der Waals surface area contributed by atoms with Gasteiger partial charge in [-0.15, -0.1) is 0 Å². The first-order valence-corrected chi connectivity index (χ1v) is 10.7. The van der Waals surface area contributed by atoms with Crippen LogP contribution in [-0.4, -0.2) is 17.8 Å². The molecule has 7 heteroatoms. The Morgan fingerprint density at radius 1 is 0.929 bits per heavy atom. The van der Waals surface area contributed by atoms with E-state index in [-0.39, 0.29) is 24.5 Å². The zero-order valence-corrected chi connectivity index (χ0v) is 17.1. The number of benzene rings is 2. The Hall–Kier alpha value is -2.40. The number of pyridine rings is 1. The molecule has 0 spiro atoms. The van der Waals surface area contributed by atoms with Crippen molar-refractivity contribution in [3.8, 4) is 5.75 Å². The Balaban J connectivity index is 2.23. The average molecular weight is 401 g/mol. The van der Waals surface area contributed by atoms with Crippen LogP contribution in [0.25, 0.3) is 10.9 Å². The van der Waals surface area contributed by atoms with Crippen LogP contribution in [0.5, 0.6) is 5.75 Å². The van der Waals surface area contributed by atoms with Crippen LogP contribution in [0.3, 0.4) is 0 Å². The summed E-state index contributed by atoms with van der Waals surface area (Å²) in [5.74, 6) is 0.243. The molecular weight excluding hydrogens is 377 g/mol. The molecule has 0 aliphatic heterocycles. The van der Waals surface area contributed by atoms with Gasteiger partial charge in [0.25, 0.3) is 5.56 Å². The lowest BCUT2D eigenvalue weighted by molar-refractivity contribution is 0.167. The van der Waals surface area contributed by atoms with Crippen molar-refractivity contribution in [3.05, 3.63) is 76.1 Å². The highest BCUT2D eigenvalue weighted by Gasteiger charge is 2.31. The van der Waals surface area contributed by atoms with Gasteiger partial charge in [0.05, 0.1) is 24.3 Å². The topological polar surface area (TPSA) is 66.8 Å². The van der Waals surface area contributed by atoms with E-state index in [1.165, 1.54) is 0 Å². The molecule has 1 aromatic heterocycles. The highest BCUT2D eigenvalue weighted by atomic mass is 31.2. The van der Waals surface area contributed by atoms with Crippen molar-refractivity contribution >= 4 is 18.7 Å². The van der Waals surface area contributed by atoms with Gasteiger partial charge >= 0.3 is 7.82 Å². The molecule has 28 heavy (non-hydrogen) atoms. The Kier molecular flexibility index (Phi) is 6.35. The lowest BCUT2D eigenvalue weighted by Crippen LogP contribution is -2.23. The minimum atomic E-state index is -3.86. The van der Waals surface area contributed by atoms with Gasteiger partial charge in [0.1, 0.15) is 5.75 Å². The predicted octanol–water partition coefficient (Wildman–Crippen LogP) is 4.69. The normalized spacial score (nSPS) is 11.7. The number of nitrogens with zero attached hydrogens (tertiary/aromatic N) is 1. The van der Waals surface area contributed by atoms with Gasteiger partial charge in [0.2, 0.25) is 0 Å². The number of hydrogen-bond donors (Lipinski definition) is 0. The fourth-order valence-electron chi connectivity index (χ4n) is 3.11. The second-order valence-corrected chi connectivity index (χ2v) is 7.82. The fraction of sp³-hybridized carbons (Fsp3) is 0.286. The van der Waals surface area contributed by atoms with Crippen molar-refractivity contribution in [2.24, 2.45) is 7.05 Å². The van der Waals surface area contributed by atoms with Gasteiger partial charge in [-0.05, 0) is 31.5 Å². The van der Waals surface area contributed by atoms with E-state index in [2.05, 4.69) is 0 Å². The lowest BCUT2D eigenvalue weighted by atomic mass is 10.0. The molecule has 0 saturated carbocycles. The Morgan fingerprint density at radius 2 is 1.54 bits per heavy atom. The molecule has 0 bridgehead atoms. The zero-order valence-electron chi connectivity index (χ0n) is 16.3. The molecule has 0 amide bonds. The first-order valence-electron chi connectivity index (χ1n) is 9.22. The van der Waals surface area contributed by atoms with Gasteiger partial charge in [0, 0.05) is 18.9 Å². The van der Waals surface area contributed by atoms with Crippen molar-refractivity contribution in [3.63, 3.8) is 0 Å². The summed E-state index contributed by atoms with van der Waals surface area (Å²) in [4.78, 5) is 13.1. The predicted molar refractivity (Wildman–Crippen MR) is 110 cm³/mol. The zero-order chi connectivity index (χ0) is 20.1. The molecular formula is C21H24NO5P. The van der Waals surface area contributed by atoms with Crippen LogP contribution in [0.1, 0.15) is 25.0 Å². The van der Waals surface area contributed by atoms with Crippen LogP contribution >= 0.6 is 7.82 Å². The number of phosphoric ester groups is 1. The number of fused-ring (bicyclic) bond motifs is 1. The van der Waals surface area contributed by atoms with E-state index < -0.39 is 7.82 Å². The molecule has 0 radical (unpaired) electrons. The number of hydrogen-bond acceptors (Lipinski definition) is 5. The van der Waals surface area contributed by atoms with E-state index in [9.17, 15) is 9.36 Å². The molecule has 0 aliphatic rings. The van der Waals surface area contributed by atoms with Gasteiger partial charge in [-0.2, -0.15) is 0 Å². The maximum Gasteiger partial charge on any atom is 0.530 e. The van der Waals surface area contributed by atoms with Crippen molar-refractivity contribution in [2.45, 2.75) is 20.3 Å². The second-order valence-electron chi connectivity index (χ2n) is 6.23. The van der Waals surface area contributed by atoms with Crippen LogP contribution in [0.4, 0.5) is 0 Å². The highest BCUT2D eigenvalue weighted by Crippen LogP contribution is 2.51. The van der Waals surface area contributed by atoms with Crippen LogP contribution in [0.15, 0.2) is 59.4 Å². The first-order chi connectivity index (χ1) is 13.5. The smallest absolute Gasteiger partial charge is 0.403 e. The molecule has 0 unspecified atom stereocenters. The largest absolute Gasteiger partial charge is 0.530 e. The van der Waals surface area contributed by atoms with Crippen molar-refractivity contribution in [2.75, 3.05) is 13.2 Å². The van der Waals surface area contributed by atoms with Gasteiger partial charge in [-0.25, -0.2) is 4.57 Å². The molecule has 2 aromatic carbocycles. The minimum Gasteiger partial charge on any atom is -0.403 e. The van der Waals surface area contributed by atoms with Gasteiger partial charge < -0.3 is 9.09 Å². The molecule has 0 saturated heterocycles. The lowest BCUT2D eigenvalue weighted by Gasteiger charge is -2.21. The Labute approximate surface area is 164 Å². The van der Waals surface area contributed by atoms with Crippen molar-refractivity contribution < 1.29 is 18.1 Å². The Bertz CT molecular complexity index is 1050. The van der Waals surface area contributed by atoms with Crippen LogP contribution in [0, 0.1) is 0 Å². The molecule has 3 aromatic rings. The third-order valence-electron chi connectivity index (χ3n) is 4.35. The van der Waals surface area contributed by atoms with E-state index in [0.29, 0.717) is 22.9 Å². The van der Waals surface area contributed by atoms with E-state index in [4.69, 9.17) is 13.6 Å². The maximum atomic E-state index is 13.1. The summed E-state index contributed by atoms with van der Waals surface area (Å²) in [5, 5.41) is 0.676. The number of aromatic nitrogens is 1. The monoisotopic (exact) mass is 401 g/mol.